The minimum absolute atomic E-state index is 0.0805. The third-order valence-electron chi connectivity index (χ3n) is 3.32. The van der Waals surface area contributed by atoms with Crippen LogP contribution in [0.15, 0.2) is 16.6 Å². The Hall–Kier alpha value is -1.83. The lowest BCUT2D eigenvalue weighted by molar-refractivity contribution is -0.116. The van der Waals surface area contributed by atoms with Crippen molar-refractivity contribution in [3.05, 3.63) is 22.4 Å². The lowest BCUT2D eigenvalue weighted by Crippen LogP contribution is -2.34. The Balaban J connectivity index is 1.88. The van der Waals surface area contributed by atoms with Gasteiger partial charge in [-0.15, -0.1) is 0 Å². The maximum Gasteiger partial charge on any atom is 0.407 e. The lowest BCUT2D eigenvalue weighted by atomic mass is 10.2. The zero-order valence-electron chi connectivity index (χ0n) is 14.5. The summed E-state index contributed by atoms with van der Waals surface area (Å²) in [4.78, 5) is 23.6. The van der Waals surface area contributed by atoms with E-state index in [2.05, 4.69) is 31.9 Å². The predicted molar refractivity (Wildman–Crippen MR) is 98.2 cm³/mol. The maximum atomic E-state index is 13.7. The van der Waals surface area contributed by atoms with Crippen molar-refractivity contribution in [3.63, 3.8) is 0 Å². The van der Waals surface area contributed by atoms with Crippen molar-refractivity contribution in [2.75, 3.05) is 17.2 Å². The second kappa shape index (κ2) is 8.03. The molecule has 138 valence electrons. The highest BCUT2D eigenvalue weighted by Crippen LogP contribution is 2.37. The molecule has 2 rings (SSSR count). The van der Waals surface area contributed by atoms with Gasteiger partial charge in [0.25, 0.3) is 0 Å². The van der Waals surface area contributed by atoms with Gasteiger partial charge >= 0.3 is 6.09 Å². The summed E-state index contributed by atoms with van der Waals surface area (Å²) in [5.74, 6) is -0.679. The first-order chi connectivity index (χ1) is 11.7. The van der Waals surface area contributed by atoms with Crippen LogP contribution in [-0.2, 0) is 9.53 Å². The van der Waals surface area contributed by atoms with Gasteiger partial charge in [-0.3, -0.25) is 4.79 Å². The van der Waals surface area contributed by atoms with E-state index in [9.17, 15) is 14.0 Å². The summed E-state index contributed by atoms with van der Waals surface area (Å²) in [7, 11) is 0. The zero-order valence-corrected chi connectivity index (χ0v) is 16.1. The van der Waals surface area contributed by atoms with Gasteiger partial charge in [0.2, 0.25) is 5.91 Å². The van der Waals surface area contributed by atoms with Crippen molar-refractivity contribution in [2.24, 2.45) is 0 Å². The van der Waals surface area contributed by atoms with Gasteiger partial charge in [-0.1, -0.05) is 0 Å². The fourth-order valence-electron chi connectivity index (χ4n) is 2.03. The van der Waals surface area contributed by atoms with E-state index in [1.165, 1.54) is 12.1 Å². The van der Waals surface area contributed by atoms with E-state index < -0.39 is 17.5 Å². The topological polar surface area (TPSA) is 79.5 Å². The van der Waals surface area contributed by atoms with E-state index in [-0.39, 0.29) is 18.9 Å². The summed E-state index contributed by atoms with van der Waals surface area (Å²) >= 11 is 3.21. The van der Waals surface area contributed by atoms with Gasteiger partial charge in [-0.25, -0.2) is 9.18 Å². The van der Waals surface area contributed by atoms with E-state index in [1.807, 2.05) is 0 Å². The lowest BCUT2D eigenvalue weighted by Gasteiger charge is -2.19. The van der Waals surface area contributed by atoms with Crippen molar-refractivity contribution >= 4 is 39.3 Å². The van der Waals surface area contributed by atoms with Crippen LogP contribution in [0.4, 0.5) is 20.6 Å². The molecule has 1 saturated carbocycles. The highest BCUT2D eigenvalue weighted by atomic mass is 79.9. The molecule has 0 atom stereocenters. The average molecular weight is 416 g/mol. The number of halogens is 2. The Bertz CT molecular complexity index is 657. The van der Waals surface area contributed by atoms with Gasteiger partial charge in [0.15, 0.2) is 0 Å². The molecule has 0 spiro atoms. The second-order valence-electron chi connectivity index (χ2n) is 6.93. The summed E-state index contributed by atoms with van der Waals surface area (Å²) < 4.78 is 19.1. The van der Waals surface area contributed by atoms with Gasteiger partial charge in [0, 0.05) is 19.0 Å². The summed E-state index contributed by atoms with van der Waals surface area (Å²) in [6, 6.07) is 3.11. The molecule has 0 aliphatic heterocycles. The maximum absolute atomic E-state index is 13.7. The molecule has 0 heterocycles. The quantitative estimate of drug-likeness (QED) is 0.655. The largest absolute Gasteiger partial charge is 0.444 e. The van der Waals surface area contributed by atoms with Crippen LogP contribution in [0.25, 0.3) is 0 Å². The van der Waals surface area contributed by atoms with Crippen molar-refractivity contribution < 1.29 is 18.7 Å². The molecule has 0 aromatic heterocycles. The minimum Gasteiger partial charge on any atom is -0.444 e. The molecule has 2 amide bonds. The molecule has 0 saturated heterocycles. The van der Waals surface area contributed by atoms with Gasteiger partial charge in [0.05, 0.1) is 15.8 Å². The molecule has 8 heteroatoms. The van der Waals surface area contributed by atoms with Crippen molar-refractivity contribution in [2.45, 2.75) is 51.7 Å². The Morgan fingerprint density at radius 3 is 2.60 bits per heavy atom. The Labute approximate surface area is 155 Å². The smallest absolute Gasteiger partial charge is 0.407 e. The van der Waals surface area contributed by atoms with Crippen LogP contribution >= 0.6 is 15.9 Å². The number of nitrogens with one attached hydrogen (secondary N) is 3. The monoisotopic (exact) mass is 415 g/mol. The Kier molecular flexibility index (Phi) is 6.26. The number of carbonyl (C=O) groups is 2. The van der Waals surface area contributed by atoms with E-state index in [1.54, 1.807) is 20.8 Å². The molecule has 6 nitrogen and oxygen atoms in total. The number of hydrogen-bond donors (Lipinski definition) is 3. The molecule has 3 N–H and O–H groups in total. The number of amides is 2. The van der Waals surface area contributed by atoms with E-state index in [0.717, 1.165) is 12.8 Å². The average Bonchev–Trinajstić information content (AvgIpc) is 3.29. The Morgan fingerprint density at radius 2 is 2.00 bits per heavy atom. The van der Waals surface area contributed by atoms with E-state index >= 15 is 0 Å². The molecular weight excluding hydrogens is 393 g/mol. The highest BCUT2D eigenvalue weighted by Gasteiger charge is 2.24. The van der Waals surface area contributed by atoms with Gasteiger partial charge < -0.3 is 20.7 Å². The third-order valence-corrected chi connectivity index (χ3v) is 4.09. The molecule has 1 fully saturated rings. The van der Waals surface area contributed by atoms with Crippen molar-refractivity contribution in [1.82, 2.24) is 5.32 Å². The van der Waals surface area contributed by atoms with Crippen molar-refractivity contribution in [3.8, 4) is 0 Å². The van der Waals surface area contributed by atoms with Crippen LogP contribution in [0.1, 0.15) is 40.0 Å². The summed E-state index contributed by atoms with van der Waals surface area (Å²) in [6.07, 6.45) is 1.56. The number of anilines is 2. The minimum atomic E-state index is -0.587. The number of benzene rings is 1. The van der Waals surface area contributed by atoms with Gasteiger partial charge in [-0.2, -0.15) is 0 Å². The van der Waals surface area contributed by atoms with Gasteiger partial charge in [-0.05, 0) is 61.7 Å². The molecule has 1 aromatic rings. The van der Waals surface area contributed by atoms with E-state index in [0.29, 0.717) is 21.9 Å². The van der Waals surface area contributed by atoms with Crippen molar-refractivity contribution in [1.29, 1.82) is 0 Å². The number of rotatable bonds is 6. The molecule has 1 aliphatic carbocycles. The van der Waals surface area contributed by atoms with Crippen LogP contribution in [0.5, 0.6) is 0 Å². The zero-order chi connectivity index (χ0) is 18.6. The van der Waals surface area contributed by atoms with Crippen LogP contribution in [0, 0.1) is 5.82 Å². The van der Waals surface area contributed by atoms with Crippen LogP contribution < -0.4 is 16.0 Å². The predicted octanol–water partition coefficient (Wildman–Crippen LogP) is 4.02. The van der Waals surface area contributed by atoms with E-state index in [4.69, 9.17) is 4.74 Å². The van der Waals surface area contributed by atoms with Crippen LogP contribution in [-0.4, -0.2) is 30.2 Å². The Morgan fingerprint density at radius 1 is 1.32 bits per heavy atom. The molecule has 0 bridgehead atoms. The number of alkyl carbamates (subject to hydrolysis) is 1. The highest BCUT2D eigenvalue weighted by molar-refractivity contribution is 9.10. The van der Waals surface area contributed by atoms with Crippen LogP contribution in [0.2, 0.25) is 0 Å². The molecule has 25 heavy (non-hydrogen) atoms. The SMILES string of the molecule is CC(C)(C)OC(=O)NCCC(=O)Nc1ccc(F)c(Br)c1NC1CC1. The summed E-state index contributed by atoms with van der Waals surface area (Å²) in [5.41, 5.74) is 0.453. The normalized spacial score (nSPS) is 14.0. The number of ether oxygens (including phenoxy) is 1. The summed E-state index contributed by atoms with van der Waals surface area (Å²) in [5, 5.41) is 8.48. The second-order valence-corrected chi connectivity index (χ2v) is 7.72. The first-order valence-electron chi connectivity index (χ1n) is 8.17. The first-order valence-corrected chi connectivity index (χ1v) is 8.96. The number of carbonyl (C=O) groups excluding carboxylic acids is 2. The fraction of sp³-hybridized carbons (Fsp3) is 0.529. The van der Waals surface area contributed by atoms with Crippen LogP contribution in [0.3, 0.4) is 0 Å². The molecule has 0 radical (unpaired) electrons. The standard InChI is InChI=1S/C17H23BrFN3O3/c1-17(2,3)25-16(24)20-9-8-13(23)22-12-7-6-11(19)14(18)15(12)21-10-4-5-10/h6-7,10,21H,4-5,8-9H2,1-3H3,(H,20,24)(H,22,23). The van der Waals surface area contributed by atoms with Gasteiger partial charge in [0.1, 0.15) is 11.4 Å². The third kappa shape index (κ3) is 6.53. The summed E-state index contributed by atoms with van der Waals surface area (Å²) in [6.45, 7) is 5.44. The fourth-order valence-corrected chi connectivity index (χ4v) is 2.49. The number of hydrogen-bond acceptors (Lipinski definition) is 4. The first kappa shape index (κ1) is 19.5. The molecule has 0 unspecified atom stereocenters. The molecule has 1 aliphatic rings. The molecule has 1 aromatic carbocycles. The molecular formula is C17H23BrFN3O3.